The molecule has 2 aliphatic rings. The van der Waals surface area contributed by atoms with Crippen LogP contribution in [-0.4, -0.2) is 105 Å². The van der Waals surface area contributed by atoms with Crippen molar-refractivity contribution in [3.05, 3.63) is 71.8 Å². The van der Waals surface area contributed by atoms with E-state index in [0.29, 0.717) is 0 Å². The lowest BCUT2D eigenvalue weighted by Gasteiger charge is -2.12. The summed E-state index contributed by atoms with van der Waals surface area (Å²) < 4.78 is 112. The van der Waals surface area contributed by atoms with Crippen LogP contribution in [0.2, 0.25) is 0 Å². The lowest BCUT2D eigenvalue weighted by atomic mass is 10.1. The zero-order valence-electron chi connectivity index (χ0n) is 25.9. The van der Waals surface area contributed by atoms with Gasteiger partial charge < -0.3 is 18.9 Å². The maximum atomic E-state index is 10.8. The molecular formula is C28H44F6N6O4S2. The summed E-state index contributed by atoms with van der Waals surface area (Å²) in [5.74, 6) is 0. The largest absolute Gasteiger partial charge is 0.758 e. The SMILES string of the molecule is C[NH+]1CCN(CCCc2ccccc2)C1.C[NH+]1CCN(CCCc2ccccc2)C1.N=S(=O)([O-])C(F)(F)F.N=S(=O)([O-])C(F)(F)F. The van der Waals surface area contributed by atoms with Crippen molar-refractivity contribution in [2.45, 2.75) is 36.7 Å². The predicted molar refractivity (Wildman–Crippen MR) is 161 cm³/mol. The Morgan fingerprint density at radius 2 is 0.957 bits per heavy atom. The van der Waals surface area contributed by atoms with Crippen LogP contribution in [0.3, 0.4) is 0 Å². The van der Waals surface area contributed by atoms with Gasteiger partial charge in [0.2, 0.25) is 0 Å². The van der Waals surface area contributed by atoms with Crippen LogP contribution < -0.4 is 9.80 Å². The lowest BCUT2D eigenvalue weighted by Crippen LogP contribution is -3.07. The van der Waals surface area contributed by atoms with Crippen LogP contribution in [0.1, 0.15) is 24.0 Å². The molecule has 0 aromatic heterocycles. The van der Waals surface area contributed by atoms with Crippen LogP contribution in [0.5, 0.6) is 0 Å². The molecule has 0 radical (unpaired) electrons. The predicted octanol–water partition coefficient (Wildman–Crippen LogP) is 2.18. The third kappa shape index (κ3) is 18.1. The van der Waals surface area contributed by atoms with Gasteiger partial charge in [-0.1, -0.05) is 60.7 Å². The molecule has 2 fully saturated rings. The van der Waals surface area contributed by atoms with E-state index in [9.17, 15) is 43.9 Å². The maximum Gasteiger partial charge on any atom is 0.466 e. The van der Waals surface area contributed by atoms with Crippen LogP contribution in [-0.2, 0) is 32.9 Å². The summed E-state index contributed by atoms with van der Waals surface area (Å²) in [6.07, 6.45) is 5.02. The number of alkyl halides is 6. The average Bonchev–Trinajstić information content (AvgIpc) is 3.56. The van der Waals surface area contributed by atoms with Gasteiger partial charge in [0.15, 0.2) is 0 Å². The van der Waals surface area contributed by atoms with Gasteiger partial charge in [0.25, 0.3) is 0 Å². The Hall–Kier alpha value is -2.32. The van der Waals surface area contributed by atoms with E-state index >= 15 is 0 Å². The van der Waals surface area contributed by atoms with Crippen molar-refractivity contribution in [1.29, 1.82) is 9.56 Å². The number of nitrogens with one attached hydrogen (secondary N) is 4. The summed E-state index contributed by atoms with van der Waals surface area (Å²) in [4.78, 5) is 8.43. The summed E-state index contributed by atoms with van der Waals surface area (Å²) >= 11 is 0. The lowest BCUT2D eigenvalue weighted by molar-refractivity contribution is -0.871. The highest BCUT2D eigenvalue weighted by Crippen LogP contribution is 2.21. The Balaban J connectivity index is 0.000000322. The molecule has 4 unspecified atom stereocenters. The van der Waals surface area contributed by atoms with E-state index in [1.807, 2.05) is 0 Å². The number of quaternary nitrogens is 2. The first kappa shape index (κ1) is 41.7. The number of hydrogen-bond donors (Lipinski definition) is 4. The van der Waals surface area contributed by atoms with Crippen molar-refractivity contribution >= 4 is 20.0 Å². The Labute approximate surface area is 268 Å². The van der Waals surface area contributed by atoms with Gasteiger partial charge in [-0.3, -0.25) is 27.8 Å². The maximum absolute atomic E-state index is 10.8. The molecular weight excluding hydrogens is 662 g/mol. The van der Waals surface area contributed by atoms with E-state index in [1.165, 1.54) is 89.4 Å². The summed E-state index contributed by atoms with van der Waals surface area (Å²) in [6.45, 7) is 10.2. The third-order valence-corrected chi connectivity index (χ3v) is 8.09. The quantitative estimate of drug-likeness (QED) is 0.310. The van der Waals surface area contributed by atoms with Gasteiger partial charge in [0.1, 0.15) is 13.3 Å². The molecule has 4 atom stereocenters. The third-order valence-electron chi connectivity index (χ3n) is 6.87. The summed E-state index contributed by atoms with van der Waals surface area (Å²) in [5, 5.41) is 0. The molecule has 2 aromatic carbocycles. The molecule has 2 saturated heterocycles. The van der Waals surface area contributed by atoms with Gasteiger partial charge in [-0.25, -0.2) is 0 Å². The van der Waals surface area contributed by atoms with Gasteiger partial charge >= 0.3 is 11.0 Å². The Morgan fingerprint density at radius 1 is 0.674 bits per heavy atom. The monoisotopic (exact) mass is 706 g/mol. The van der Waals surface area contributed by atoms with Gasteiger partial charge in [-0.2, -0.15) is 26.3 Å². The van der Waals surface area contributed by atoms with Crippen molar-refractivity contribution < 1.29 is 53.7 Å². The molecule has 2 heterocycles. The normalized spacial score (nSPS) is 21.3. The Kier molecular flexibility index (Phi) is 17.7. The first-order chi connectivity index (χ1) is 21.2. The topological polar surface area (TPSA) is 143 Å². The summed E-state index contributed by atoms with van der Waals surface area (Å²) in [7, 11) is -6.63. The van der Waals surface area contributed by atoms with Crippen molar-refractivity contribution in [2.24, 2.45) is 0 Å². The number of nitrogens with zero attached hydrogens (tertiary/aromatic N) is 2. The Morgan fingerprint density at radius 3 is 1.17 bits per heavy atom. The highest BCUT2D eigenvalue weighted by molar-refractivity contribution is 7.87. The molecule has 264 valence electrons. The van der Waals surface area contributed by atoms with E-state index in [0.717, 1.165) is 0 Å². The summed E-state index contributed by atoms with van der Waals surface area (Å²) in [6, 6.07) is 21.6. The van der Waals surface area contributed by atoms with Crippen LogP contribution in [0.15, 0.2) is 60.7 Å². The fraction of sp³-hybridized carbons (Fsp3) is 0.571. The Bertz CT molecular complexity index is 1230. The standard InChI is InChI=1S/2C13H20N2.2CH2F3NO2S/c2*1-14-10-11-15(12-14)9-5-8-13-6-3-2-4-7-13;2*2-1(3,4)8(5,6)7/h2*2-4,6-7H,5,8-12H2,1H3;2*(H2,5,6,7). The van der Waals surface area contributed by atoms with E-state index in [-0.39, 0.29) is 0 Å². The smallest absolute Gasteiger partial charge is 0.466 e. The van der Waals surface area contributed by atoms with Gasteiger partial charge in [0.05, 0.1) is 60.3 Å². The van der Waals surface area contributed by atoms with Crippen molar-refractivity contribution in [1.82, 2.24) is 9.80 Å². The first-order valence-electron chi connectivity index (χ1n) is 14.5. The second-order valence-corrected chi connectivity index (χ2v) is 14.0. The highest BCUT2D eigenvalue weighted by atomic mass is 32.2. The van der Waals surface area contributed by atoms with Crippen molar-refractivity contribution in [2.75, 3.05) is 66.7 Å². The molecule has 2 aliphatic heterocycles. The minimum Gasteiger partial charge on any atom is -0.758 e. The highest BCUT2D eigenvalue weighted by Gasteiger charge is 2.34. The number of aryl methyl sites for hydroxylation is 2. The fourth-order valence-electron chi connectivity index (χ4n) is 4.46. The minimum atomic E-state index is -5.59. The average molecular weight is 707 g/mol. The summed E-state index contributed by atoms with van der Waals surface area (Å²) in [5.41, 5.74) is -7.91. The fourth-order valence-corrected chi connectivity index (χ4v) is 4.46. The second-order valence-electron chi connectivity index (χ2n) is 11.0. The zero-order chi connectivity index (χ0) is 35.0. The second kappa shape index (κ2) is 19.5. The molecule has 4 N–H and O–H groups in total. The number of hydrogen-bond acceptors (Lipinski definition) is 8. The van der Waals surface area contributed by atoms with Crippen molar-refractivity contribution in [3.63, 3.8) is 0 Å². The van der Waals surface area contributed by atoms with Gasteiger partial charge in [0, 0.05) is 13.1 Å². The number of benzene rings is 2. The molecule has 46 heavy (non-hydrogen) atoms. The van der Waals surface area contributed by atoms with Gasteiger partial charge in [-0.15, -0.1) is 0 Å². The molecule has 0 spiro atoms. The minimum absolute atomic E-state index is 1.22. The molecule has 0 saturated carbocycles. The van der Waals surface area contributed by atoms with E-state index in [4.69, 9.17) is 9.56 Å². The first-order valence-corrected chi connectivity index (χ1v) is 17.4. The molecule has 0 amide bonds. The van der Waals surface area contributed by atoms with E-state index in [1.54, 1.807) is 9.80 Å². The number of likely N-dealkylation sites (N-methyl/N-ethyl adjacent to an activating group) is 2. The van der Waals surface area contributed by atoms with Crippen LogP contribution >= 0.6 is 0 Å². The molecule has 10 nitrogen and oxygen atoms in total. The number of rotatable bonds is 8. The van der Waals surface area contributed by atoms with E-state index in [2.05, 4.69) is 84.6 Å². The molecule has 2 aromatic rings. The van der Waals surface area contributed by atoms with Crippen LogP contribution in [0.25, 0.3) is 0 Å². The van der Waals surface area contributed by atoms with Crippen LogP contribution in [0, 0.1) is 9.56 Å². The molecule has 18 heteroatoms. The zero-order valence-corrected chi connectivity index (χ0v) is 27.5. The number of halogens is 6. The van der Waals surface area contributed by atoms with Crippen molar-refractivity contribution in [3.8, 4) is 0 Å². The molecule has 0 bridgehead atoms. The van der Waals surface area contributed by atoms with Gasteiger partial charge in [-0.05, 0) is 36.8 Å². The molecule has 4 rings (SSSR count). The van der Waals surface area contributed by atoms with E-state index < -0.39 is 31.0 Å². The van der Waals surface area contributed by atoms with Crippen LogP contribution in [0.4, 0.5) is 26.3 Å². The molecule has 0 aliphatic carbocycles.